The third kappa shape index (κ3) is 5.16. The number of aromatic nitrogens is 2. The van der Waals surface area contributed by atoms with Gasteiger partial charge in [0.25, 0.3) is 6.43 Å². The molecule has 1 saturated carbocycles. The zero-order valence-corrected chi connectivity index (χ0v) is 19.2. The first-order chi connectivity index (χ1) is 15.7. The summed E-state index contributed by atoms with van der Waals surface area (Å²) in [4.78, 5) is 16.9. The highest BCUT2D eigenvalue weighted by molar-refractivity contribution is 5.80. The second-order valence-corrected chi connectivity index (χ2v) is 9.14. The number of hydrogen-bond acceptors (Lipinski definition) is 7. The first-order valence-electron chi connectivity index (χ1n) is 11.5. The van der Waals surface area contributed by atoms with Crippen LogP contribution in [-0.2, 0) is 11.3 Å². The van der Waals surface area contributed by atoms with E-state index < -0.39 is 12.5 Å². The minimum absolute atomic E-state index is 0.0307. The van der Waals surface area contributed by atoms with Crippen LogP contribution in [-0.4, -0.2) is 56.7 Å². The third-order valence-corrected chi connectivity index (χ3v) is 6.67. The van der Waals surface area contributed by atoms with Crippen molar-refractivity contribution in [1.82, 2.24) is 20.0 Å². The summed E-state index contributed by atoms with van der Waals surface area (Å²) >= 11 is 0. The van der Waals surface area contributed by atoms with Crippen molar-refractivity contribution in [1.29, 1.82) is 0 Å². The minimum atomic E-state index is -2.63. The topological polar surface area (TPSA) is 94.7 Å². The molecule has 0 bridgehead atoms. The Bertz CT molecular complexity index is 992. The van der Waals surface area contributed by atoms with E-state index in [4.69, 9.17) is 4.42 Å². The molecule has 1 aromatic heterocycles. The van der Waals surface area contributed by atoms with Gasteiger partial charge in [-0.1, -0.05) is 11.5 Å². The molecule has 180 valence electrons. The van der Waals surface area contributed by atoms with Gasteiger partial charge in [0.1, 0.15) is 6.10 Å². The number of nitrogens with zero attached hydrogens (tertiary/aromatic N) is 4. The first kappa shape index (κ1) is 23.6. The molecule has 0 spiro atoms. The summed E-state index contributed by atoms with van der Waals surface area (Å²) in [5.74, 6) is 0.479. The van der Waals surface area contributed by atoms with E-state index in [-0.39, 0.29) is 35.3 Å². The fourth-order valence-electron chi connectivity index (χ4n) is 4.42. The number of halogens is 2. The molecule has 1 aliphatic carbocycles. The fraction of sp³-hybridized carbons (Fsp3) is 0.609. The lowest BCUT2D eigenvalue weighted by atomic mass is 9.84. The van der Waals surface area contributed by atoms with Gasteiger partial charge in [0.05, 0.1) is 0 Å². The van der Waals surface area contributed by atoms with E-state index in [1.54, 1.807) is 0 Å². The van der Waals surface area contributed by atoms with Crippen molar-refractivity contribution in [3.63, 3.8) is 0 Å². The van der Waals surface area contributed by atoms with Gasteiger partial charge in [-0.3, -0.25) is 9.69 Å². The Morgan fingerprint density at radius 2 is 2.06 bits per heavy atom. The normalized spacial score (nSPS) is 20.7. The Hall–Kier alpha value is -2.59. The first-order valence-corrected chi connectivity index (χ1v) is 11.5. The second-order valence-electron chi connectivity index (χ2n) is 9.14. The fourth-order valence-corrected chi connectivity index (χ4v) is 4.42. The zero-order chi connectivity index (χ0) is 23.7. The summed E-state index contributed by atoms with van der Waals surface area (Å²) in [5.41, 5.74) is 1.93. The molecule has 2 N–H and O–H groups in total. The summed E-state index contributed by atoms with van der Waals surface area (Å²) in [5, 5.41) is 20.1. The number of anilines is 2. The molecule has 1 unspecified atom stereocenters. The number of benzene rings is 1. The van der Waals surface area contributed by atoms with E-state index in [1.165, 1.54) is 19.1 Å². The lowest BCUT2D eigenvalue weighted by molar-refractivity contribution is -0.142. The molecular weight excluding hydrogens is 432 g/mol. The molecule has 4 rings (SSSR count). The minimum Gasteiger partial charge on any atom is -0.405 e. The van der Waals surface area contributed by atoms with Crippen LogP contribution in [0.3, 0.4) is 0 Å². The SMILES string of the molecule is Cc1c(CN2CCN(C(=O)C3CCC3)[C@@H](C)C2)cc(C(F)F)cc1Nc1nnc(C(C)O)o1. The van der Waals surface area contributed by atoms with Crippen molar-refractivity contribution in [3.05, 3.63) is 34.7 Å². The molecule has 10 heteroatoms. The zero-order valence-electron chi connectivity index (χ0n) is 19.2. The van der Waals surface area contributed by atoms with Gasteiger partial charge < -0.3 is 19.7 Å². The summed E-state index contributed by atoms with van der Waals surface area (Å²) in [6.07, 6.45) is -0.449. The van der Waals surface area contributed by atoms with Crippen molar-refractivity contribution in [2.45, 2.75) is 65.1 Å². The monoisotopic (exact) mass is 463 g/mol. The highest BCUT2D eigenvalue weighted by Gasteiger charge is 2.34. The molecule has 2 aromatic rings. The van der Waals surface area contributed by atoms with Crippen molar-refractivity contribution < 1.29 is 23.1 Å². The maximum atomic E-state index is 13.6. The molecule has 1 aromatic carbocycles. The van der Waals surface area contributed by atoms with Crippen LogP contribution in [0.25, 0.3) is 0 Å². The molecule has 1 aliphatic heterocycles. The number of piperazine rings is 1. The molecular formula is C23H31F2N5O3. The molecule has 1 amide bonds. The Morgan fingerprint density at radius 1 is 1.30 bits per heavy atom. The predicted molar refractivity (Wildman–Crippen MR) is 118 cm³/mol. The Balaban J connectivity index is 1.49. The largest absolute Gasteiger partial charge is 0.405 e. The van der Waals surface area contributed by atoms with Gasteiger partial charge in [-0.2, -0.15) is 0 Å². The number of rotatable bonds is 7. The van der Waals surface area contributed by atoms with E-state index >= 15 is 0 Å². The predicted octanol–water partition coefficient (Wildman–Crippen LogP) is 3.95. The van der Waals surface area contributed by atoms with Gasteiger partial charge in [-0.05, 0) is 56.9 Å². The molecule has 0 radical (unpaired) electrons. The number of carbonyl (C=O) groups is 1. The Kier molecular flexibility index (Phi) is 6.94. The highest BCUT2D eigenvalue weighted by Crippen LogP contribution is 2.32. The van der Waals surface area contributed by atoms with E-state index in [0.717, 1.165) is 30.4 Å². The third-order valence-electron chi connectivity index (χ3n) is 6.67. The van der Waals surface area contributed by atoms with Crippen LogP contribution in [0.15, 0.2) is 16.5 Å². The average molecular weight is 464 g/mol. The van der Waals surface area contributed by atoms with Gasteiger partial charge in [0, 0.05) is 49.4 Å². The maximum Gasteiger partial charge on any atom is 0.320 e. The maximum absolute atomic E-state index is 13.6. The lowest BCUT2D eigenvalue weighted by Crippen LogP contribution is -2.55. The standard InChI is InChI=1S/C23H31F2N5O3/c1-13-11-29(7-8-30(13)22(32)16-5-4-6-16)12-18-9-17(20(24)25)10-19(14(18)2)26-23-28-27-21(33-23)15(3)31/h9-10,13,15-16,20,31H,4-8,11-12H2,1-3H3,(H,26,28)/t13-,15?/m0/s1. The van der Waals surface area contributed by atoms with E-state index in [9.17, 15) is 18.7 Å². The van der Waals surface area contributed by atoms with Crippen molar-refractivity contribution in [3.8, 4) is 0 Å². The number of amides is 1. The van der Waals surface area contributed by atoms with Gasteiger partial charge >= 0.3 is 6.01 Å². The summed E-state index contributed by atoms with van der Waals surface area (Å²) in [6.45, 7) is 7.95. The van der Waals surface area contributed by atoms with Crippen LogP contribution in [0.2, 0.25) is 0 Å². The van der Waals surface area contributed by atoms with Crippen molar-refractivity contribution in [2.75, 3.05) is 25.0 Å². The van der Waals surface area contributed by atoms with Crippen molar-refractivity contribution in [2.24, 2.45) is 5.92 Å². The summed E-state index contributed by atoms with van der Waals surface area (Å²) in [6, 6.07) is 3.04. The van der Waals surface area contributed by atoms with Gasteiger partial charge in [-0.15, -0.1) is 5.10 Å². The quantitative estimate of drug-likeness (QED) is 0.642. The molecule has 2 aliphatic rings. The average Bonchev–Trinajstić information content (AvgIpc) is 3.18. The lowest BCUT2D eigenvalue weighted by Gasteiger charge is -2.42. The number of aliphatic hydroxyl groups excluding tert-OH is 1. The van der Waals surface area contributed by atoms with Gasteiger partial charge in [0.15, 0.2) is 0 Å². The van der Waals surface area contributed by atoms with E-state index in [2.05, 4.69) is 20.4 Å². The van der Waals surface area contributed by atoms with Crippen LogP contribution in [0.1, 0.15) is 68.2 Å². The van der Waals surface area contributed by atoms with Gasteiger partial charge in [-0.25, -0.2) is 8.78 Å². The second kappa shape index (κ2) is 9.72. The van der Waals surface area contributed by atoms with Crippen molar-refractivity contribution >= 4 is 17.6 Å². The van der Waals surface area contributed by atoms with Crippen LogP contribution >= 0.6 is 0 Å². The Labute approximate surface area is 192 Å². The number of alkyl halides is 2. The number of hydrogen-bond donors (Lipinski definition) is 2. The number of carbonyl (C=O) groups excluding carboxylic acids is 1. The van der Waals surface area contributed by atoms with Crippen LogP contribution < -0.4 is 5.32 Å². The smallest absolute Gasteiger partial charge is 0.320 e. The molecule has 8 nitrogen and oxygen atoms in total. The Morgan fingerprint density at radius 3 is 2.64 bits per heavy atom. The molecule has 2 heterocycles. The number of aliphatic hydroxyl groups is 1. The summed E-state index contributed by atoms with van der Waals surface area (Å²) in [7, 11) is 0. The summed E-state index contributed by atoms with van der Waals surface area (Å²) < 4.78 is 32.6. The molecule has 33 heavy (non-hydrogen) atoms. The van der Waals surface area contributed by atoms with Crippen LogP contribution in [0.5, 0.6) is 0 Å². The molecule has 2 atom stereocenters. The molecule has 2 fully saturated rings. The van der Waals surface area contributed by atoms with E-state index in [0.29, 0.717) is 31.9 Å². The molecule has 1 saturated heterocycles. The van der Waals surface area contributed by atoms with E-state index in [1.807, 2.05) is 18.7 Å². The van der Waals surface area contributed by atoms with Gasteiger partial charge in [0.2, 0.25) is 11.8 Å². The highest BCUT2D eigenvalue weighted by atomic mass is 19.3. The number of nitrogens with one attached hydrogen (secondary N) is 1. The van der Waals surface area contributed by atoms with Crippen LogP contribution in [0.4, 0.5) is 20.5 Å². The van der Waals surface area contributed by atoms with Crippen LogP contribution in [0, 0.1) is 12.8 Å².